The van der Waals surface area contributed by atoms with Crippen LogP contribution in [0.3, 0.4) is 0 Å². The van der Waals surface area contributed by atoms with Crippen LogP contribution in [0.1, 0.15) is 58.9 Å². The van der Waals surface area contributed by atoms with Crippen LogP contribution in [0.25, 0.3) is 33.4 Å². The van der Waals surface area contributed by atoms with Crippen LogP contribution in [0.4, 0.5) is 8.78 Å². The van der Waals surface area contributed by atoms with Gasteiger partial charge in [0, 0.05) is 35.3 Å². The summed E-state index contributed by atoms with van der Waals surface area (Å²) < 4.78 is 34.5. The summed E-state index contributed by atoms with van der Waals surface area (Å²) >= 11 is 0. The molecule has 6 nitrogen and oxygen atoms in total. The predicted molar refractivity (Wildman–Crippen MR) is 140 cm³/mol. The number of amides is 2. The van der Waals surface area contributed by atoms with Gasteiger partial charge in [-0.1, -0.05) is 13.3 Å². The highest BCUT2D eigenvalue weighted by molar-refractivity contribution is 6.12. The molecule has 0 aliphatic heterocycles. The predicted octanol–water partition coefficient (Wildman–Crippen LogP) is 6.03. The Morgan fingerprint density at radius 3 is 2.42 bits per heavy atom. The number of aryl methyl sites for hydroxylation is 1. The number of aromatic nitrogens is 1. The van der Waals surface area contributed by atoms with Crippen molar-refractivity contribution in [3.8, 4) is 22.5 Å². The molecule has 4 aromatic rings. The van der Waals surface area contributed by atoms with Crippen molar-refractivity contribution in [3.63, 3.8) is 0 Å². The van der Waals surface area contributed by atoms with Crippen LogP contribution in [0.5, 0.6) is 0 Å². The normalized spacial score (nSPS) is 19.5. The van der Waals surface area contributed by atoms with Gasteiger partial charge in [-0.15, -0.1) is 0 Å². The minimum absolute atomic E-state index is 0.0968. The fourth-order valence-electron chi connectivity index (χ4n) is 5.78. The Balaban J connectivity index is 1.48. The molecule has 0 spiro atoms. The Morgan fingerprint density at radius 2 is 1.79 bits per heavy atom. The minimum Gasteiger partial charge on any atom is -0.455 e. The van der Waals surface area contributed by atoms with Gasteiger partial charge in [0.2, 0.25) is 5.95 Å². The first-order chi connectivity index (χ1) is 18.3. The molecule has 0 unspecified atom stereocenters. The number of halogens is 2. The minimum atomic E-state index is -0.816. The van der Waals surface area contributed by atoms with E-state index in [1.807, 2.05) is 19.1 Å². The van der Waals surface area contributed by atoms with E-state index in [1.165, 1.54) is 31.4 Å². The smallest absolute Gasteiger partial charge is 0.256 e. The maximum atomic E-state index is 14.7. The van der Waals surface area contributed by atoms with Crippen molar-refractivity contribution >= 4 is 22.8 Å². The summed E-state index contributed by atoms with van der Waals surface area (Å²) in [7, 11) is 1.53. The zero-order chi connectivity index (χ0) is 26.6. The van der Waals surface area contributed by atoms with E-state index in [0.717, 1.165) is 36.8 Å². The van der Waals surface area contributed by atoms with Crippen LogP contribution in [0.15, 0.2) is 53.1 Å². The maximum Gasteiger partial charge on any atom is 0.256 e. The van der Waals surface area contributed by atoms with Gasteiger partial charge >= 0.3 is 0 Å². The standard InChI is InChI=1S/C30H27F2N3O3/c1-3-4-18-10-24-22(25(29(37)33-2)26(38-24)17-5-7-20(31)8-6-17)11-21(18)19-9-23(27(32)34-15-19)28(36)35-30-12-16(13-30)14-30/h5-11,15-16H,3-4,12-14H2,1-2H3,(H,33,37)(H,35,36). The fourth-order valence-corrected chi connectivity index (χ4v) is 5.78. The van der Waals surface area contributed by atoms with Gasteiger partial charge in [0.05, 0.1) is 11.1 Å². The molecule has 3 aliphatic rings. The highest BCUT2D eigenvalue weighted by Gasteiger charge is 2.57. The summed E-state index contributed by atoms with van der Waals surface area (Å²) in [5.74, 6) is -1.01. The average molecular weight is 516 g/mol. The summed E-state index contributed by atoms with van der Waals surface area (Å²) in [4.78, 5) is 29.9. The summed E-state index contributed by atoms with van der Waals surface area (Å²) in [6.45, 7) is 2.04. The lowest BCUT2D eigenvalue weighted by Crippen LogP contribution is -2.68. The summed E-state index contributed by atoms with van der Waals surface area (Å²) in [6, 6.07) is 11.0. The molecule has 3 saturated carbocycles. The van der Waals surface area contributed by atoms with Crippen LogP contribution >= 0.6 is 0 Å². The van der Waals surface area contributed by atoms with Crippen molar-refractivity contribution in [2.75, 3.05) is 7.05 Å². The zero-order valence-electron chi connectivity index (χ0n) is 21.2. The van der Waals surface area contributed by atoms with Gasteiger partial charge in [-0.3, -0.25) is 9.59 Å². The third-order valence-electron chi connectivity index (χ3n) is 7.81. The molecule has 2 bridgehead atoms. The number of hydrogen-bond donors (Lipinski definition) is 2. The Kier molecular flexibility index (Phi) is 5.78. The third-order valence-corrected chi connectivity index (χ3v) is 7.81. The molecule has 194 valence electrons. The average Bonchev–Trinajstić information content (AvgIpc) is 3.23. The number of nitrogens with one attached hydrogen (secondary N) is 2. The second kappa shape index (κ2) is 9.04. The van der Waals surface area contributed by atoms with Crippen molar-refractivity contribution < 1.29 is 22.8 Å². The summed E-state index contributed by atoms with van der Waals surface area (Å²) in [5, 5.41) is 6.23. The van der Waals surface area contributed by atoms with Crippen molar-refractivity contribution in [1.82, 2.24) is 15.6 Å². The number of carbonyl (C=O) groups excluding carboxylic acids is 2. The van der Waals surface area contributed by atoms with Crippen LogP contribution in [0, 0.1) is 17.7 Å². The summed E-state index contributed by atoms with van der Waals surface area (Å²) in [5.41, 5.74) is 3.34. The van der Waals surface area contributed by atoms with E-state index in [9.17, 15) is 18.4 Å². The quantitative estimate of drug-likeness (QED) is 0.294. The molecule has 2 aromatic heterocycles. The molecule has 2 heterocycles. The first-order valence-electron chi connectivity index (χ1n) is 12.9. The highest BCUT2D eigenvalue weighted by Crippen LogP contribution is 2.57. The Hall–Kier alpha value is -4.07. The van der Waals surface area contributed by atoms with Crippen molar-refractivity contribution in [2.45, 2.75) is 44.6 Å². The van der Waals surface area contributed by atoms with Crippen LogP contribution < -0.4 is 10.6 Å². The largest absolute Gasteiger partial charge is 0.455 e. The van der Waals surface area contributed by atoms with E-state index in [0.29, 0.717) is 45.8 Å². The second-order valence-corrected chi connectivity index (χ2v) is 10.4. The molecule has 2 amide bonds. The number of hydrogen-bond acceptors (Lipinski definition) is 4. The topological polar surface area (TPSA) is 84.2 Å². The first kappa shape index (κ1) is 24.3. The van der Waals surface area contributed by atoms with E-state index in [2.05, 4.69) is 15.6 Å². The first-order valence-corrected chi connectivity index (χ1v) is 12.9. The van der Waals surface area contributed by atoms with Crippen LogP contribution in [0.2, 0.25) is 0 Å². The highest BCUT2D eigenvalue weighted by atomic mass is 19.1. The lowest BCUT2D eigenvalue weighted by Gasteiger charge is -2.61. The molecule has 3 fully saturated rings. The van der Waals surface area contributed by atoms with Crippen molar-refractivity contribution in [3.05, 3.63) is 77.1 Å². The van der Waals surface area contributed by atoms with E-state index in [1.54, 1.807) is 12.1 Å². The van der Waals surface area contributed by atoms with Gasteiger partial charge in [-0.25, -0.2) is 9.37 Å². The number of fused-ring (bicyclic) bond motifs is 1. The Bertz CT molecular complexity index is 1580. The zero-order valence-corrected chi connectivity index (χ0v) is 21.2. The molecular weight excluding hydrogens is 488 g/mol. The van der Waals surface area contributed by atoms with Crippen LogP contribution in [-0.2, 0) is 6.42 Å². The van der Waals surface area contributed by atoms with Gasteiger partial charge in [-0.2, -0.15) is 4.39 Å². The van der Waals surface area contributed by atoms with E-state index in [4.69, 9.17) is 4.42 Å². The SMILES string of the molecule is CCCc1cc2oc(-c3ccc(F)cc3)c(C(=O)NC)c2cc1-c1cnc(F)c(C(=O)NC23CC(C2)C3)c1. The van der Waals surface area contributed by atoms with E-state index in [-0.39, 0.29) is 17.0 Å². The maximum absolute atomic E-state index is 14.7. The molecule has 2 N–H and O–H groups in total. The lowest BCUT2D eigenvalue weighted by atomic mass is 9.50. The van der Waals surface area contributed by atoms with Gasteiger partial charge < -0.3 is 15.1 Å². The fraction of sp³-hybridized carbons (Fsp3) is 0.300. The Morgan fingerprint density at radius 1 is 1.05 bits per heavy atom. The Labute approximate surface area is 218 Å². The molecule has 7 rings (SSSR count). The molecular formula is C30H27F2N3O3. The van der Waals surface area contributed by atoms with Gasteiger partial charge in [0.25, 0.3) is 11.8 Å². The van der Waals surface area contributed by atoms with Gasteiger partial charge in [0.15, 0.2) is 0 Å². The molecule has 3 aliphatic carbocycles. The molecule has 0 atom stereocenters. The lowest BCUT2D eigenvalue weighted by molar-refractivity contribution is -0.0439. The molecule has 2 aromatic carbocycles. The molecule has 0 radical (unpaired) electrons. The number of carbonyl (C=O) groups is 2. The van der Waals surface area contributed by atoms with Crippen molar-refractivity contribution in [1.29, 1.82) is 0 Å². The summed E-state index contributed by atoms with van der Waals surface area (Å²) in [6.07, 6.45) is 5.78. The van der Waals surface area contributed by atoms with E-state index < -0.39 is 17.7 Å². The molecule has 38 heavy (non-hydrogen) atoms. The number of furan rings is 1. The number of pyridine rings is 1. The third kappa shape index (κ3) is 3.95. The van der Waals surface area contributed by atoms with Crippen LogP contribution in [-0.4, -0.2) is 29.4 Å². The number of benzene rings is 2. The van der Waals surface area contributed by atoms with Gasteiger partial charge in [-0.05, 0) is 85.2 Å². The second-order valence-electron chi connectivity index (χ2n) is 10.4. The number of rotatable bonds is 7. The number of nitrogens with zero attached hydrogens (tertiary/aromatic N) is 1. The molecule has 8 heteroatoms. The van der Waals surface area contributed by atoms with Crippen molar-refractivity contribution in [2.24, 2.45) is 5.92 Å². The van der Waals surface area contributed by atoms with E-state index >= 15 is 0 Å². The molecule has 0 saturated heterocycles. The monoisotopic (exact) mass is 515 g/mol. The van der Waals surface area contributed by atoms with Gasteiger partial charge in [0.1, 0.15) is 17.2 Å².